The molecule has 1 N–H and O–H groups in total. The molecule has 4 heteroatoms. The second kappa shape index (κ2) is 7.30. The number of rotatable bonds is 5. The highest BCUT2D eigenvalue weighted by Crippen LogP contribution is 2.33. The largest absolute Gasteiger partial charge is 0.359 e. The average molecular weight is 322 g/mol. The third kappa shape index (κ3) is 3.48. The number of nitrogens with one attached hydrogen (secondary N) is 1. The van der Waals surface area contributed by atoms with Crippen molar-refractivity contribution in [2.24, 2.45) is 11.8 Å². The van der Waals surface area contributed by atoms with Gasteiger partial charge in [-0.25, -0.2) is 0 Å². The van der Waals surface area contributed by atoms with Crippen molar-refractivity contribution in [1.29, 1.82) is 0 Å². The minimum atomic E-state index is -0.273. The van der Waals surface area contributed by atoms with E-state index in [9.17, 15) is 9.59 Å². The van der Waals surface area contributed by atoms with Gasteiger partial charge in [0.25, 0.3) is 0 Å². The summed E-state index contributed by atoms with van der Waals surface area (Å²) in [6.45, 7) is 0.652. The van der Waals surface area contributed by atoms with Gasteiger partial charge in [0.15, 0.2) is 0 Å². The van der Waals surface area contributed by atoms with Crippen LogP contribution in [-0.2, 0) is 16.0 Å². The molecule has 0 unspecified atom stereocenters. The number of carbonyl (C=O) groups excluding carboxylic acids is 2. The molecule has 2 atom stereocenters. The van der Waals surface area contributed by atoms with E-state index in [1.165, 1.54) is 5.56 Å². The molecule has 1 fully saturated rings. The maximum absolute atomic E-state index is 12.9. The summed E-state index contributed by atoms with van der Waals surface area (Å²) in [5.74, 6) is -0.171. The summed E-state index contributed by atoms with van der Waals surface area (Å²) >= 11 is 0. The molecule has 2 amide bonds. The van der Waals surface area contributed by atoms with Crippen LogP contribution < -0.4 is 10.2 Å². The van der Waals surface area contributed by atoms with Crippen molar-refractivity contribution in [3.8, 4) is 0 Å². The first kappa shape index (κ1) is 16.2. The van der Waals surface area contributed by atoms with E-state index < -0.39 is 0 Å². The lowest BCUT2D eigenvalue weighted by Crippen LogP contribution is -2.30. The van der Waals surface area contributed by atoms with Crippen molar-refractivity contribution in [1.82, 2.24) is 5.32 Å². The molecule has 2 aromatic carbocycles. The van der Waals surface area contributed by atoms with Crippen LogP contribution in [0.1, 0.15) is 12.0 Å². The van der Waals surface area contributed by atoms with E-state index in [-0.39, 0.29) is 30.1 Å². The predicted octanol–water partition coefficient (Wildman–Crippen LogP) is 2.64. The molecule has 2 aromatic rings. The number of carbonyl (C=O) groups is 2. The van der Waals surface area contributed by atoms with Crippen LogP contribution in [0.15, 0.2) is 60.7 Å². The van der Waals surface area contributed by atoms with E-state index in [4.69, 9.17) is 0 Å². The number of nitrogens with zero attached hydrogens (tertiary/aromatic N) is 1. The molecule has 4 nitrogen and oxygen atoms in total. The lowest BCUT2D eigenvalue weighted by Gasteiger charge is -2.16. The topological polar surface area (TPSA) is 49.4 Å². The van der Waals surface area contributed by atoms with Crippen LogP contribution >= 0.6 is 0 Å². The standard InChI is InChI=1S/C20H22N2O2/c1-21-19(23)13-18-16(12-15-8-4-2-5-9-15)14-22(20(18)24)17-10-6-3-7-11-17/h2-11,16,18H,12-14H2,1H3,(H,21,23)/t16-,18+/m0/s1. The third-order valence-corrected chi connectivity index (χ3v) is 4.66. The first-order valence-electron chi connectivity index (χ1n) is 8.30. The van der Waals surface area contributed by atoms with Gasteiger partial charge in [-0.3, -0.25) is 9.59 Å². The second-order valence-corrected chi connectivity index (χ2v) is 6.22. The highest BCUT2D eigenvalue weighted by Gasteiger charge is 2.41. The molecule has 1 aliphatic heterocycles. The van der Waals surface area contributed by atoms with Gasteiger partial charge in [0.2, 0.25) is 11.8 Å². The van der Waals surface area contributed by atoms with Crippen molar-refractivity contribution in [3.05, 3.63) is 66.2 Å². The zero-order chi connectivity index (χ0) is 16.9. The van der Waals surface area contributed by atoms with Crippen LogP contribution in [0.4, 0.5) is 5.69 Å². The van der Waals surface area contributed by atoms with E-state index >= 15 is 0 Å². The summed E-state index contributed by atoms with van der Waals surface area (Å²) < 4.78 is 0. The normalized spacial score (nSPS) is 20.2. The van der Waals surface area contributed by atoms with Crippen LogP contribution in [0.5, 0.6) is 0 Å². The fourth-order valence-electron chi connectivity index (χ4n) is 3.37. The molecule has 3 rings (SSSR count). The predicted molar refractivity (Wildman–Crippen MR) is 94.6 cm³/mol. The fraction of sp³-hybridized carbons (Fsp3) is 0.300. The summed E-state index contributed by atoms with van der Waals surface area (Å²) in [4.78, 5) is 26.6. The Balaban J connectivity index is 1.84. The third-order valence-electron chi connectivity index (χ3n) is 4.66. The summed E-state index contributed by atoms with van der Waals surface area (Å²) in [5.41, 5.74) is 2.10. The molecular formula is C20H22N2O2. The van der Waals surface area contributed by atoms with Gasteiger partial charge < -0.3 is 10.2 Å². The molecule has 0 spiro atoms. The molecule has 0 saturated carbocycles. The van der Waals surface area contributed by atoms with Crippen molar-refractivity contribution < 1.29 is 9.59 Å². The smallest absolute Gasteiger partial charge is 0.230 e. The number of anilines is 1. The van der Waals surface area contributed by atoms with Crippen LogP contribution in [0.25, 0.3) is 0 Å². The van der Waals surface area contributed by atoms with Gasteiger partial charge >= 0.3 is 0 Å². The Kier molecular flexibility index (Phi) is 4.94. The molecule has 0 aromatic heterocycles. The summed E-state index contributed by atoms with van der Waals surface area (Å²) in [6.07, 6.45) is 1.05. The molecule has 1 heterocycles. The van der Waals surface area contributed by atoms with E-state index in [0.29, 0.717) is 6.54 Å². The Morgan fingerprint density at radius 3 is 2.33 bits per heavy atom. The summed E-state index contributed by atoms with van der Waals surface area (Å²) in [6, 6.07) is 19.8. The van der Waals surface area contributed by atoms with Crippen molar-refractivity contribution in [2.45, 2.75) is 12.8 Å². The number of hydrogen-bond acceptors (Lipinski definition) is 2. The van der Waals surface area contributed by atoms with Gasteiger partial charge in [-0.05, 0) is 30.0 Å². The first-order chi connectivity index (χ1) is 11.7. The van der Waals surface area contributed by atoms with E-state index in [1.807, 2.05) is 53.4 Å². The lowest BCUT2D eigenvalue weighted by molar-refractivity contribution is -0.127. The van der Waals surface area contributed by atoms with E-state index in [0.717, 1.165) is 12.1 Å². The minimum Gasteiger partial charge on any atom is -0.359 e. The number of benzene rings is 2. The average Bonchev–Trinajstić information content (AvgIpc) is 2.92. The maximum atomic E-state index is 12.9. The van der Waals surface area contributed by atoms with Crippen LogP contribution in [0.2, 0.25) is 0 Å². The summed E-state index contributed by atoms with van der Waals surface area (Å²) in [5, 5.41) is 2.64. The number of hydrogen-bond donors (Lipinski definition) is 1. The van der Waals surface area contributed by atoms with Crippen molar-refractivity contribution >= 4 is 17.5 Å². The number of amides is 2. The van der Waals surface area contributed by atoms with Crippen LogP contribution in [-0.4, -0.2) is 25.4 Å². The van der Waals surface area contributed by atoms with Gasteiger partial charge in [0.05, 0.1) is 5.92 Å². The number of para-hydroxylation sites is 1. The second-order valence-electron chi connectivity index (χ2n) is 6.22. The zero-order valence-corrected chi connectivity index (χ0v) is 13.8. The van der Waals surface area contributed by atoms with Gasteiger partial charge in [-0.2, -0.15) is 0 Å². The Hall–Kier alpha value is -2.62. The monoisotopic (exact) mass is 322 g/mol. The van der Waals surface area contributed by atoms with Gasteiger partial charge in [0.1, 0.15) is 0 Å². The Labute approximate surface area is 142 Å². The van der Waals surface area contributed by atoms with Gasteiger partial charge in [-0.15, -0.1) is 0 Å². The highest BCUT2D eigenvalue weighted by atomic mass is 16.2. The molecule has 1 aliphatic rings. The molecule has 0 aliphatic carbocycles. The van der Waals surface area contributed by atoms with Gasteiger partial charge in [-0.1, -0.05) is 48.5 Å². The van der Waals surface area contributed by atoms with E-state index in [2.05, 4.69) is 17.4 Å². The molecule has 0 radical (unpaired) electrons. The maximum Gasteiger partial charge on any atom is 0.230 e. The molecule has 0 bridgehead atoms. The first-order valence-corrected chi connectivity index (χ1v) is 8.30. The minimum absolute atomic E-state index is 0.0470. The molecule has 24 heavy (non-hydrogen) atoms. The summed E-state index contributed by atoms with van der Waals surface area (Å²) in [7, 11) is 1.61. The van der Waals surface area contributed by atoms with Crippen LogP contribution in [0.3, 0.4) is 0 Å². The van der Waals surface area contributed by atoms with Crippen molar-refractivity contribution in [2.75, 3.05) is 18.5 Å². The SMILES string of the molecule is CNC(=O)C[C@H]1C(=O)N(c2ccccc2)C[C@@H]1Cc1ccccc1. The lowest BCUT2D eigenvalue weighted by atomic mass is 9.87. The van der Waals surface area contributed by atoms with Crippen LogP contribution in [0, 0.1) is 11.8 Å². The van der Waals surface area contributed by atoms with E-state index in [1.54, 1.807) is 7.05 Å². The quantitative estimate of drug-likeness (QED) is 0.920. The molecular weight excluding hydrogens is 300 g/mol. The molecule has 124 valence electrons. The zero-order valence-electron chi connectivity index (χ0n) is 13.8. The fourth-order valence-corrected chi connectivity index (χ4v) is 3.37. The Morgan fingerprint density at radius 2 is 1.71 bits per heavy atom. The Morgan fingerprint density at radius 1 is 1.08 bits per heavy atom. The van der Waals surface area contributed by atoms with Crippen molar-refractivity contribution in [3.63, 3.8) is 0 Å². The highest BCUT2D eigenvalue weighted by molar-refractivity contribution is 5.99. The Bertz CT molecular complexity index is 700. The molecule has 1 saturated heterocycles. The van der Waals surface area contributed by atoms with Gasteiger partial charge in [0, 0.05) is 25.7 Å².